The number of hydrogen-bond acceptors (Lipinski definition) is 2. The van der Waals surface area contributed by atoms with E-state index in [1.165, 1.54) is 128 Å². The molecule has 34 heavy (non-hydrogen) atoms. The number of halogens is 1. The molecule has 0 aliphatic heterocycles. The van der Waals surface area contributed by atoms with Crippen LogP contribution in [0.5, 0.6) is 0 Å². The Kier molecular flexibility index (Phi) is 29.7. The average Bonchev–Trinajstić information content (AvgIpc) is 2.77. The van der Waals surface area contributed by atoms with Gasteiger partial charge in [0.1, 0.15) is 12.6 Å². The van der Waals surface area contributed by atoms with Crippen molar-refractivity contribution in [2.45, 2.75) is 148 Å². The summed E-state index contributed by atoms with van der Waals surface area (Å²) in [5, 5.41) is 0. The second kappa shape index (κ2) is 27.8. The minimum absolute atomic E-state index is 0. The molecule has 0 aromatic carbocycles. The van der Waals surface area contributed by atoms with Crippen molar-refractivity contribution < 1.29 is 26.4 Å². The fourth-order valence-electron chi connectivity index (χ4n) is 4.51. The van der Waals surface area contributed by atoms with Gasteiger partial charge in [0.2, 0.25) is 0 Å². The van der Waals surface area contributed by atoms with E-state index in [0.29, 0.717) is 0 Å². The maximum absolute atomic E-state index is 6.25. The van der Waals surface area contributed by atoms with Crippen LogP contribution < -0.4 is 12.4 Å². The third kappa shape index (κ3) is 30.2. The van der Waals surface area contributed by atoms with Crippen LogP contribution in [0.15, 0.2) is 0 Å². The summed E-state index contributed by atoms with van der Waals surface area (Å²) in [5.74, 6) is 0. The van der Waals surface area contributed by atoms with Crippen LogP contribution in [0.2, 0.25) is 0 Å². The lowest BCUT2D eigenvalue weighted by Crippen LogP contribution is -3.00. The second-order valence-electron chi connectivity index (χ2n) is 11.4. The molecule has 0 aromatic heterocycles. The third-order valence-corrected chi connectivity index (χ3v) is 6.55. The molecule has 0 aliphatic carbocycles. The molecule has 0 amide bonds. The molecular weight excluding hydrogens is 442 g/mol. The highest BCUT2D eigenvalue weighted by Gasteiger charge is 2.19. The molecule has 0 N–H and O–H groups in total. The van der Waals surface area contributed by atoms with Crippen molar-refractivity contribution in [3.63, 3.8) is 0 Å². The molecule has 0 aromatic rings. The maximum Gasteiger partial charge on any atom is 0.130 e. The van der Waals surface area contributed by atoms with Crippen molar-refractivity contribution in [1.82, 2.24) is 0 Å². The fourth-order valence-corrected chi connectivity index (χ4v) is 4.51. The Hall–Kier alpha value is 0.170. The highest BCUT2D eigenvalue weighted by Crippen LogP contribution is 2.12. The first-order valence-corrected chi connectivity index (χ1v) is 15.0. The van der Waals surface area contributed by atoms with E-state index in [1.807, 2.05) is 0 Å². The first-order valence-electron chi connectivity index (χ1n) is 15.0. The van der Waals surface area contributed by atoms with Crippen LogP contribution in [-0.2, 0) is 9.47 Å². The number of ether oxygens (including phenoxy) is 2. The monoisotopic (exact) mass is 505 g/mol. The normalized spacial score (nSPS) is 12.6. The zero-order valence-corrected chi connectivity index (χ0v) is 24.9. The van der Waals surface area contributed by atoms with Gasteiger partial charge in [0.05, 0.1) is 27.7 Å². The first-order chi connectivity index (χ1) is 16.0. The number of unbranched alkanes of at least 4 members (excludes halogenated alkanes) is 18. The first kappa shape index (κ1) is 36.3. The molecule has 0 spiro atoms. The maximum atomic E-state index is 6.25. The lowest BCUT2D eigenvalue weighted by atomic mass is 10.1. The number of likely N-dealkylation sites (N-methyl/N-ethyl adjacent to an activating group) is 1. The van der Waals surface area contributed by atoms with Crippen molar-refractivity contribution in [2.24, 2.45) is 0 Å². The zero-order valence-electron chi connectivity index (χ0n) is 24.2. The van der Waals surface area contributed by atoms with E-state index in [4.69, 9.17) is 9.47 Å². The Bertz CT molecular complexity index is 373. The molecule has 0 radical (unpaired) electrons. The summed E-state index contributed by atoms with van der Waals surface area (Å²) in [6.07, 6.45) is 27.7. The molecule has 1 atom stereocenters. The van der Waals surface area contributed by atoms with E-state index in [9.17, 15) is 0 Å². The van der Waals surface area contributed by atoms with Gasteiger partial charge in [-0.2, -0.15) is 0 Å². The summed E-state index contributed by atoms with van der Waals surface area (Å²) in [6, 6.07) is 0. The molecule has 4 heteroatoms. The Morgan fingerprint density at radius 1 is 0.500 bits per heavy atom. The van der Waals surface area contributed by atoms with Gasteiger partial charge >= 0.3 is 0 Å². The molecule has 0 saturated carbocycles. The summed E-state index contributed by atoms with van der Waals surface area (Å²) < 4.78 is 13.2. The second-order valence-corrected chi connectivity index (χ2v) is 11.4. The summed E-state index contributed by atoms with van der Waals surface area (Å²) in [7, 11) is 6.75. The van der Waals surface area contributed by atoms with Gasteiger partial charge in [0.15, 0.2) is 0 Å². The van der Waals surface area contributed by atoms with E-state index in [0.717, 1.165) is 30.8 Å². The highest BCUT2D eigenvalue weighted by molar-refractivity contribution is 4.57. The van der Waals surface area contributed by atoms with E-state index in [2.05, 4.69) is 35.0 Å². The summed E-state index contributed by atoms with van der Waals surface area (Å²) in [5.41, 5.74) is 0. The van der Waals surface area contributed by atoms with Crippen LogP contribution in [0, 0.1) is 0 Å². The lowest BCUT2D eigenvalue weighted by Gasteiger charge is -2.29. The Morgan fingerprint density at radius 2 is 0.853 bits per heavy atom. The van der Waals surface area contributed by atoms with Gasteiger partial charge in [-0.3, -0.25) is 0 Å². The van der Waals surface area contributed by atoms with E-state index in [-0.39, 0.29) is 18.5 Å². The van der Waals surface area contributed by atoms with Gasteiger partial charge in [0.25, 0.3) is 0 Å². The van der Waals surface area contributed by atoms with Crippen molar-refractivity contribution >= 4 is 0 Å². The average molecular weight is 506 g/mol. The number of rotatable bonds is 27. The zero-order chi connectivity index (χ0) is 24.5. The Labute approximate surface area is 222 Å². The van der Waals surface area contributed by atoms with Gasteiger partial charge in [0, 0.05) is 13.2 Å². The molecule has 0 aliphatic rings. The van der Waals surface area contributed by atoms with Gasteiger partial charge in [-0.1, -0.05) is 129 Å². The lowest BCUT2D eigenvalue weighted by molar-refractivity contribution is -0.873. The molecule has 0 rings (SSSR count). The van der Waals surface area contributed by atoms with Crippen LogP contribution in [0.3, 0.4) is 0 Å². The van der Waals surface area contributed by atoms with Crippen molar-refractivity contribution in [3.05, 3.63) is 0 Å². The molecule has 0 heterocycles. The van der Waals surface area contributed by atoms with E-state index < -0.39 is 0 Å². The molecule has 3 nitrogen and oxygen atoms in total. The van der Waals surface area contributed by atoms with Crippen molar-refractivity contribution in [3.8, 4) is 0 Å². The molecule has 0 bridgehead atoms. The SMILES string of the molecule is CCCCCCCCCCCCOCC(C[N+](C)(C)C)OCCCCCCCCCCCC.[Cl-]. The smallest absolute Gasteiger partial charge is 0.130 e. The van der Waals surface area contributed by atoms with E-state index >= 15 is 0 Å². The number of quaternary nitrogens is 1. The van der Waals surface area contributed by atoms with E-state index in [1.54, 1.807) is 0 Å². The number of hydrogen-bond donors (Lipinski definition) is 0. The minimum atomic E-state index is 0. The minimum Gasteiger partial charge on any atom is -1.00 e. The third-order valence-electron chi connectivity index (χ3n) is 6.55. The topological polar surface area (TPSA) is 18.5 Å². The Morgan fingerprint density at radius 3 is 1.24 bits per heavy atom. The van der Waals surface area contributed by atoms with Gasteiger partial charge in [-0.05, 0) is 12.8 Å². The van der Waals surface area contributed by atoms with Crippen LogP contribution in [0.25, 0.3) is 0 Å². The summed E-state index contributed by atoms with van der Waals surface area (Å²) >= 11 is 0. The van der Waals surface area contributed by atoms with Crippen molar-refractivity contribution in [1.29, 1.82) is 0 Å². The highest BCUT2D eigenvalue weighted by atomic mass is 35.5. The largest absolute Gasteiger partial charge is 1.00 e. The van der Waals surface area contributed by atoms with Gasteiger partial charge < -0.3 is 26.4 Å². The summed E-state index contributed by atoms with van der Waals surface area (Å²) in [4.78, 5) is 0. The molecule has 208 valence electrons. The molecular formula is C30H64ClNO2. The van der Waals surface area contributed by atoms with Gasteiger partial charge in [-0.15, -0.1) is 0 Å². The molecule has 0 saturated heterocycles. The predicted molar refractivity (Wildman–Crippen MR) is 147 cm³/mol. The summed E-state index contributed by atoms with van der Waals surface area (Å²) in [6.45, 7) is 8.14. The molecule has 0 fully saturated rings. The van der Waals surface area contributed by atoms with Crippen LogP contribution in [-0.4, -0.2) is 58.1 Å². The van der Waals surface area contributed by atoms with Gasteiger partial charge in [-0.25, -0.2) is 0 Å². The Balaban J connectivity index is 0. The van der Waals surface area contributed by atoms with Crippen LogP contribution in [0.1, 0.15) is 142 Å². The van der Waals surface area contributed by atoms with Crippen LogP contribution >= 0.6 is 0 Å². The fraction of sp³-hybridized carbons (Fsp3) is 1.00. The predicted octanol–water partition coefficient (Wildman–Crippen LogP) is 5.94. The standard InChI is InChI=1S/C30H64NO2.ClH/c1-6-8-10-12-14-16-18-20-22-24-26-32-29-30(28-31(3,4)5)33-27-25-23-21-19-17-15-13-11-9-7-2;/h30H,6-29H2,1-5H3;1H/q+1;/p-1. The molecule has 1 unspecified atom stereocenters. The number of nitrogens with zero attached hydrogens (tertiary/aromatic N) is 1. The quantitative estimate of drug-likeness (QED) is 0.101. The van der Waals surface area contributed by atoms with Crippen LogP contribution in [0.4, 0.5) is 0 Å². The van der Waals surface area contributed by atoms with Crippen molar-refractivity contribution in [2.75, 3.05) is 47.5 Å².